The minimum absolute atomic E-state index is 0.0254. The summed E-state index contributed by atoms with van der Waals surface area (Å²) in [5.74, 6) is -1.62. The van der Waals surface area contributed by atoms with Crippen molar-refractivity contribution in [1.82, 2.24) is 4.57 Å². The average Bonchev–Trinajstić information content (AvgIpc) is 2.84. The molecule has 3 aromatic rings. The molecular formula is C19H16F2N2O. The maximum absolute atomic E-state index is 13.9. The SMILES string of the molecule is Cc1cc(-n2c(C(C)C)c(C#N)c3cc(O)c(F)cc32)ccc1F. The van der Waals surface area contributed by atoms with Crippen LogP contribution in [0, 0.1) is 29.9 Å². The molecule has 2 aromatic carbocycles. The summed E-state index contributed by atoms with van der Waals surface area (Å²) in [6.07, 6.45) is 0. The Balaban J connectivity index is 2.49. The molecular weight excluding hydrogens is 310 g/mol. The Kier molecular flexibility index (Phi) is 3.76. The normalized spacial score (nSPS) is 11.2. The number of hydrogen-bond donors (Lipinski definition) is 1. The van der Waals surface area contributed by atoms with Crippen LogP contribution >= 0.6 is 0 Å². The third-order valence-corrected chi connectivity index (χ3v) is 4.13. The number of halogens is 2. The topological polar surface area (TPSA) is 49.0 Å². The maximum Gasteiger partial charge on any atom is 0.166 e. The van der Waals surface area contributed by atoms with Gasteiger partial charge in [-0.25, -0.2) is 8.78 Å². The quantitative estimate of drug-likeness (QED) is 0.727. The van der Waals surface area contributed by atoms with E-state index in [1.165, 1.54) is 18.2 Å². The van der Waals surface area contributed by atoms with Crippen LogP contribution in [0.25, 0.3) is 16.6 Å². The first-order valence-electron chi connectivity index (χ1n) is 7.58. The second-order valence-corrected chi connectivity index (χ2v) is 6.12. The molecule has 1 aromatic heterocycles. The Labute approximate surface area is 138 Å². The van der Waals surface area contributed by atoms with Gasteiger partial charge in [0.15, 0.2) is 11.6 Å². The predicted molar refractivity (Wildman–Crippen MR) is 88.4 cm³/mol. The zero-order chi connectivity index (χ0) is 17.6. The third-order valence-electron chi connectivity index (χ3n) is 4.13. The molecule has 0 aliphatic heterocycles. The minimum Gasteiger partial charge on any atom is -0.505 e. The standard InChI is InChI=1S/C19H16F2N2O/c1-10(2)19-14(9-22)13-7-18(24)16(21)8-17(13)23(19)12-4-5-15(20)11(3)6-12/h4-8,10,24H,1-3H3. The monoisotopic (exact) mass is 326 g/mol. The summed E-state index contributed by atoms with van der Waals surface area (Å²) in [5, 5.41) is 19.7. The van der Waals surface area contributed by atoms with E-state index in [2.05, 4.69) is 6.07 Å². The lowest BCUT2D eigenvalue weighted by atomic mass is 10.0. The van der Waals surface area contributed by atoms with Gasteiger partial charge in [-0.05, 0) is 42.7 Å². The van der Waals surface area contributed by atoms with Crippen molar-refractivity contribution < 1.29 is 13.9 Å². The average molecular weight is 326 g/mol. The Bertz CT molecular complexity index is 997. The number of rotatable bonds is 2. The largest absolute Gasteiger partial charge is 0.505 e. The summed E-state index contributed by atoms with van der Waals surface area (Å²) >= 11 is 0. The summed E-state index contributed by atoms with van der Waals surface area (Å²) in [5.41, 5.74) is 2.66. The second kappa shape index (κ2) is 5.64. The number of nitriles is 1. The molecule has 1 heterocycles. The highest BCUT2D eigenvalue weighted by molar-refractivity contribution is 5.91. The van der Waals surface area contributed by atoms with E-state index in [0.29, 0.717) is 33.4 Å². The third kappa shape index (κ3) is 2.31. The molecule has 0 atom stereocenters. The van der Waals surface area contributed by atoms with Crippen molar-refractivity contribution in [1.29, 1.82) is 5.26 Å². The molecule has 5 heteroatoms. The van der Waals surface area contributed by atoms with E-state index in [9.17, 15) is 19.1 Å². The van der Waals surface area contributed by atoms with Crippen LogP contribution in [0.1, 0.15) is 36.6 Å². The summed E-state index contributed by atoms with van der Waals surface area (Å²) in [7, 11) is 0. The first-order valence-corrected chi connectivity index (χ1v) is 7.58. The highest BCUT2D eigenvalue weighted by Gasteiger charge is 2.22. The van der Waals surface area contributed by atoms with Gasteiger partial charge < -0.3 is 9.67 Å². The van der Waals surface area contributed by atoms with Crippen molar-refractivity contribution >= 4 is 10.9 Å². The number of fused-ring (bicyclic) bond motifs is 1. The fourth-order valence-electron chi connectivity index (χ4n) is 3.03. The molecule has 0 aliphatic rings. The van der Waals surface area contributed by atoms with Crippen molar-refractivity contribution in [2.75, 3.05) is 0 Å². The Hall–Kier alpha value is -2.87. The fraction of sp³-hybridized carbons (Fsp3) is 0.211. The zero-order valence-corrected chi connectivity index (χ0v) is 13.6. The molecule has 3 rings (SSSR count). The van der Waals surface area contributed by atoms with Gasteiger partial charge in [0, 0.05) is 22.8 Å². The fourth-order valence-corrected chi connectivity index (χ4v) is 3.03. The van der Waals surface area contributed by atoms with E-state index in [-0.39, 0.29) is 11.7 Å². The Morgan fingerprint density at radius 1 is 1.12 bits per heavy atom. The lowest BCUT2D eigenvalue weighted by Gasteiger charge is -2.14. The van der Waals surface area contributed by atoms with Gasteiger partial charge in [0.2, 0.25) is 0 Å². The van der Waals surface area contributed by atoms with Crippen LogP contribution in [0.2, 0.25) is 0 Å². The number of aromatic nitrogens is 1. The van der Waals surface area contributed by atoms with Crippen molar-refractivity contribution in [3.8, 4) is 17.5 Å². The van der Waals surface area contributed by atoms with Gasteiger partial charge in [-0.15, -0.1) is 0 Å². The summed E-state index contributed by atoms with van der Waals surface area (Å²) in [6.45, 7) is 5.51. The van der Waals surface area contributed by atoms with Gasteiger partial charge in [-0.1, -0.05) is 13.8 Å². The van der Waals surface area contributed by atoms with E-state index >= 15 is 0 Å². The zero-order valence-electron chi connectivity index (χ0n) is 13.6. The number of aromatic hydroxyl groups is 1. The molecule has 0 fully saturated rings. The lowest BCUT2D eigenvalue weighted by molar-refractivity contribution is 0.433. The van der Waals surface area contributed by atoms with E-state index in [1.54, 1.807) is 23.6 Å². The Morgan fingerprint density at radius 2 is 1.83 bits per heavy atom. The van der Waals surface area contributed by atoms with Crippen LogP contribution in [0.15, 0.2) is 30.3 Å². The molecule has 0 saturated heterocycles. The molecule has 0 bridgehead atoms. The van der Waals surface area contributed by atoms with Crippen LogP contribution in [0.3, 0.4) is 0 Å². The summed E-state index contributed by atoms with van der Waals surface area (Å²) < 4.78 is 29.3. The molecule has 0 spiro atoms. The van der Waals surface area contributed by atoms with Gasteiger partial charge in [0.25, 0.3) is 0 Å². The first kappa shape index (κ1) is 16.0. The van der Waals surface area contributed by atoms with E-state index in [0.717, 1.165) is 0 Å². The van der Waals surface area contributed by atoms with Crippen molar-refractivity contribution in [3.05, 3.63) is 58.8 Å². The molecule has 24 heavy (non-hydrogen) atoms. The number of nitrogens with zero attached hydrogens (tertiary/aromatic N) is 2. The molecule has 0 aliphatic carbocycles. The van der Waals surface area contributed by atoms with Crippen molar-refractivity contribution in [2.45, 2.75) is 26.7 Å². The lowest BCUT2D eigenvalue weighted by Crippen LogP contribution is -2.04. The van der Waals surface area contributed by atoms with Gasteiger partial charge in [0.05, 0.1) is 11.1 Å². The maximum atomic E-state index is 13.9. The molecule has 0 amide bonds. The van der Waals surface area contributed by atoms with E-state index < -0.39 is 11.6 Å². The number of benzene rings is 2. The molecule has 1 N–H and O–H groups in total. The first-order chi connectivity index (χ1) is 11.3. The van der Waals surface area contributed by atoms with Crippen LogP contribution < -0.4 is 0 Å². The van der Waals surface area contributed by atoms with Gasteiger partial charge >= 0.3 is 0 Å². The number of aryl methyl sites for hydroxylation is 1. The molecule has 122 valence electrons. The van der Waals surface area contributed by atoms with Gasteiger partial charge in [-0.3, -0.25) is 0 Å². The molecule has 0 unspecified atom stereocenters. The van der Waals surface area contributed by atoms with Crippen molar-refractivity contribution in [2.24, 2.45) is 0 Å². The number of hydrogen-bond acceptors (Lipinski definition) is 2. The summed E-state index contributed by atoms with van der Waals surface area (Å²) in [4.78, 5) is 0. The predicted octanol–water partition coefficient (Wildman–Crippen LogP) is 4.92. The highest BCUT2D eigenvalue weighted by Crippen LogP contribution is 2.36. The number of phenolic OH excluding ortho intramolecular Hbond substituents is 1. The number of phenols is 1. The molecule has 0 radical (unpaired) electrons. The Morgan fingerprint density at radius 3 is 2.42 bits per heavy atom. The molecule has 3 nitrogen and oxygen atoms in total. The van der Waals surface area contributed by atoms with Crippen LogP contribution in [-0.4, -0.2) is 9.67 Å². The minimum atomic E-state index is -0.764. The highest BCUT2D eigenvalue weighted by atomic mass is 19.1. The van der Waals surface area contributed by atoms with Gasteiger partial charge in [0.1, 0.15) is 11.9 Å². The smallest absolute Gasteiger partial charge is 0.166 e. The second-order valence-electron chi connectivity index (χ2n) is 6.12. The van der Waals surface area contributed by atoms with Crippen LogP contribution in [-0.2, 0) is 0 Å². The van der Waals surface area contributed by atoms with Crippen molar-refractivity contribution in [3.63, 3.8) is 0 Å². The van der Waals surface area contributed by atoms with E-state index in [4.69, 9.17) is 0 Å². The van der Waals surface area contributed by atoms with E-state index in [1.807, 2.05) is 13.8 Å². The molecule has 0 saturated carbocycles. The summed E-state index contributed by atoms with van der Waals surface area (Å²) in [6, 6.07) is 9.23. The van der Waals surface area contributed by atoms with Crippen LogP contribution in [0.5, 0.6) is 5.75 Å². The van der Waals surface area contributed by atoms with Crippen LogP contribution in [0.4, 0.5) is 8.78 Å². The van der Waals surface area contributed by atoms with Gasteiger partial charge in [-0.2, -0.15) is 5.26 Å².